The summed E-state index contributed by atoms with van der Waals surface area (Å²) in [6, 6.07) is 16.8. The molecule has 2 aromatic rings. The lowest BCUT2D eigenvalue weighted by Gasteiger charge is -2.24. The third kappa shape index (κ3) is 3.35. The summed E-state index contributed by atoms with van der Waals surface area (Å²) in [6.45, 7) is 1.08. The van der Waals surface area contributed by atoms with Gasteiger partial charge in [-0.3, -0.25) is 4.79 Å². The van der Waals surface area contributed by atoms with E-state index in [9.17, 15) is 4.79 Å². The topological polar surface area (TPSA) is 74.1 Å². The number of rotatable bonds is 4. The third-order valence-corrected chi connectivity index (χ3v) is 4.98. The Morgan fingerprint density at radius 2 is 1.76 bits per heavy atom. The van der Waals surface area contributed by atoms with Crippen LogP contribution in [0.25, 0.3) is 0 Å². The Morgan fingerprint density at radius 1 is 1.08 bits per heavy atom. The number of nitriles is 1. The van der Waals surface area contributed by atoms with Crippen molar-refractivity contribution in [2.24, 2.45) is 5.92 Å². The van der Waals surface area contributed by atoms with Crippen LogP contribution in [0.1, 0.15) is 28.8 Å². The SMILES string of the molecule is N#Cc1ccc(Oc2ccc(C(=O)NC3CC4CNC3C4)cc2)cc1. The summed E-state index contributed by atoms with van der Waals surface area (Å²) >= 11 is 0. The number of carbonyl (C=O) groups excluding carboxylic acids is 1. The summed E-state index contributed by atoms with van der Waals surface area (Å²) < 4.78 is 5.74. The van der Waals surface area contributed by atoms with Gasteiger partial charge in [0.05, 0.1) is 11.6 Å². The molecule has 1 heterocycles. The highest BCUT2D eigenvalue weighted by molar-refractivity contribution is 5.94. The Morgan fingerprint density at radius 3 is 2.32 bits per heavy atom. The van der Waals surface area contributed by atoms with Gasteiger partial charge in [0, 0.05) is 17.6 Å². The molecule has 1 saturated carbocycles. The zero-order chi connectivity index (χ0) is 17.2. The molecule has 2 aromatic carbocycles. The number of ether oxygens (including phenoxy) is 1. The lowest BCUT2D eigenvalue weighted by atomic mass is 10.1. The number of nitrogens with zero attached hydrogens (tertiary/aromatic N) is 1. The molecular weight excluding hydrogens is 314 g/mol. The second-order valence-corrected chi connectivity index (χ2v) is 6.69. The molecular formula is C20H19N3O2. The van der Waals surface area contributed by atoms with Gasteiger partial charge in [-0.05, 0) is 73.8 Å². The lowest BCUT2D eigenvalue weighted by molar-refractivity contribution is 0.0928. The van der Waals surface area contributed by atoms with Gasteiger partial charge in [0.1, 0.15) is 11.5 Å². The van der Waals surface area contributed by atoms with Crippen LogP contribution in [0.3, 0.4) is 0 Å². The Balaban J connectivity index is 1.37. The van der Waals surface area contributed by atoms with E-state index in [1.807, 2.05) is 0 Å². The molecule has 25 heavy (non-hydrogen) atoms. The summed E-state index contributed by atoms with van der Waals surface area (Å²) in [4.78, 5) is 12.4. The second-order valence-electron chi connectivity index (χ2n) is 6.69. The Kier molecular flexibility index (Phi) is 4.12. The largest absolute Gasteiger partial charge is 0.457 e. The van der Waals surface area contributed by atoms with Crippen molar-refractivity contribution in [2.45, 2.75) is 24.9 Å². The molecule has 1 amide bonds. The molecule has 3 atom stereocenters. The standard InChI is InChI=1S/C20H19N3O2/c21-11-13-1-5-16(6-2-13)25-17-7-3-15(4-8-17)20(24)23-19-10-14-9-18(19)22-12-14/h1-8,14,18-19,22H,9-10,12H2,(H,23,24). The van der Waals surface area contributed by atoms with Crippen LogP contribution in [0.4, 0.5) is 0 Å². The molecule has 1 saturated heterocycles. The molecule has 1 aliphatic carbocycles. The number of amides is 1. The van der Waals surface area contributed by atoms with Crippen LogP contribution in [0, 0.1) is 17.2 Å². The zero-order valence-electron chi connectivity index (χ0n) is 13.7. The Hall–Kier alpha value is -2.84. The highest BCUT2D eigenvalue weighted by atomic mass is 16.5. The maximum absolute atomic E-state index is 12.4. The van der Waals surface area contributed by atoms with E-state index in [-0.39, 0.29) is 11.9 Å². The molecule has 5 nitrogen and oxygen atoms in total. The molecule has 3 unspecified atom stereocenters. The summed E-state index contributed by atoms with van der Waals surface area (Å²) in [5.74, 6) is 1.98. The van der Waals surface area contributed by atoms with Gasteiger partial charge in [-0.1, -0.05) is 0 Å². The van der Waals surface area contributed by atoms with E-state index in [1.54, 1.807) is 48.5 Å². The van der Waals surface area contributed by atoms with Gasteiger partial charge < -0.3 is 15.4 Å². The van der Waals surface area contributed by atoms with Crippen LogP contribution in [0.2, 0.25) is 0 Å². The van der Waals surface area contributed by atoms with E-state index in [0.29, 0.717) is 34.6 Å². The maximum Gasteiger partial charge on any atom is 0.251 e. The van der Waals surface area contributed by atoms with Gasteiger partial charge in [0.25, 0.3) is 5.91 Å². The summed E-state index contributed by atoms with van der Waals surface area (Å²) in [5, 5.41) is 15.4. The van der Waals surface area contributed by atoms with Crippen LogP contribution in [-0.2, 0) is 0 Å². The highest BCUT2D eigenvalue weighted by Crippen LogP contribution is 2.31. The van der Waals surface area contributed by atoms with Crippen molar-refractivity contribution >= 4 is 5.91 Å². The average Bonchev–Trinajstić information content (AvgIpc) is 3.26. The Bertz CT molecular complexity index is 808. The minimum Gasteiger partial charge on any atom is -0.457 e. The van der Waals surface area contributed by atoms with E-state index in [2.05, 4.69) is 16.7 Å². The molecule has 5 heteroatoms. The second kappa shape index (κ2) is 6.58. The quantitative estimate of drug-likeness (QED) is 0.902. The molecule has 0 spiro atoms. The third-order valence-electron chi connectivity index (χ3n) is 4.98. The maximum atomic E-state index is 12.4. The van der Waals surface area contributed by atoms with Crippen molar-refractivity contribution in [2.75, 3.05) is 6.54 Å². The van der Waals surface area contributed by atoms with Crippen molar-refractivity contribution in [1.82, 2.24) is 10.6 Å². The zero-order valence-corrected chi connectivity index (χ0v) is 13.7. The van der Waals surface area contributed by atoms with Crippen LogP contribution in [0.15, 0.2) is 48.5 Å². The van der Waals surface area contributed by atoms with Crippen LogP contribution in [0.5, 0.6) is 11.5 Å². The highest BCUT2D eigenvalue weighted by Gasteiger charge is 2.39. The first-order chi connectivity index (χ1) is 12.2. The fraction of sp³-hybridized carbons (Fsp3) is 0.300. The van der Waals surface area contributed by atoms with E-state index in [4.69, 9.17) is 10.00 Å². The summed E-state index contributed by atoms with van der Waals surface area (Å²) in [5.41, 5.74) is 1.23. The average molecular weight is 333 g/mol. The van der Waals surface area contributed by atoms with Gasteiger partial charge >= 0.3 is 0 Å². The molecule has 2 aliphatic rings. The number of piperidine rings is 1. The smallest absolute Gasteiger partial charge is 0.251 e. The van der Waals surface area contributed by atoms with Crippen LogP contribution >= 0.6 is 0 Å². The normalized spacial score (nSPS) is 23.9. The summed E-state index contributed by atoms with van der Waals surface area (Å²) in [7, 11) is 0. The predicted octanol–water partition coefficient (Wildman–Crippen LogP) is 2.83. The number of carbonyl (C=O) groups is 1. The predicted molar refractivity (Wildman–Crippen MR) is 93.4 cm³/mol. The summed E-state index contributed by atoms with van der Waals surface area (Å²) in [6.07, 6.45) is 2.24. The number of fused-ring (bicyclic) bond motifs is 2. The molecule has 0 aromatic heterocycles. The molecule has 2 bridgehead atoms. The number of hydrogen-bond donors (Lipinski definition) is 2. The van der Waals surface area contributed by atoms with E-state index < -0.39 is 0 Å². The monoisotopic (exact) mass is 333 g/mol. The van der Waals surface area contributed by atoms with Gasteiger partial charge in [0.15, 0.2) is 0 Å². The molecule has 0 radical (unpaired) electrons. The van der Waals surface area contributed by atoms with Crippen molar-refractivity contribution in [1.29, 1.82) is 5.26 Å². The Labute approximate surface area is 146 Å². The number of nitrogens with one attached hydrogen (secondary N) is 2. The van der Waals surface area contributed by atoms with Crippen molar-refractivity contribution in [3.8, 4) is 17.6 Å². The molecule has 4 rings (SSSR count). The van der Waals surface area contributed by atoms with E-state index in [1.165, 1.54) is 6.42 Å². The van der Waals surface area contributed by atoms with Gasteiger partial charge in [-0.2, -0.15) is 5.26 Å². The minimum absolute atomic E-state index is 0.0377. The first-order valence-corrected chi connectivity index (χ1v) is 8.53. The molecule has 2 fully saturated rings. The fourth-order valence-corrected chi connectivity index (χ4v) is 3.67. The molecule has 126 valence electrons. The number of benzene rings is 2. The minimum atomic E-state index is -0.0377. The van der Waals surface area contributed by atoms with Crippen LogP contribution in [-0.4, -0.2) is 24.5 Å². The van der Waals surface area contributed by atoms with Crippen LogP contribution < -0.4 is 15.4 Å². The van der Waals surface area contributed by atoms with Gasteiger partial charge in [-0.15, -0.1) is 0 Å². The first-order valence-electron chi connectivity index (χ1n) is 8.53. The molecule has 2 N–H and O–H groups in total. The fourth-order valence-electron chi connectivity index (χ4n) is 3.67. The van der Waals surface area contributed by atoms with Crippen molar-refractivity contribution in [3.05, 3.63) is 59.7 Å². The van der Waals surface area contributed by atoms with Gasteiger partial charge in [-0.25, -0.2) is 0 Å². The van der Waals surface area contributed by atoms with Crippen molar-refractivity contribution in [3.63, 3.8) is 0 Å². The number of hydrogen-bond acceptors (Lipinski definition) is 4. The lowest BCUT2D eigenvalue weighted by Crippen LogP contribution is -2.47. The van der Waals surface area contributed by atoms with Crippen molar-refractivity contribution < 1.29 is 9.53 Å². The van der Waals surface area contributed by atoms with Gasteiger partial charge in [0.2, 0.25) is 0 Å². The molecule has 1 aliphatic heterocycles. The van der Waals surface area contributed by atoms with E-state index >= 15 is 0 Å². The van der Waals surface area contributed by atoms with E-state index in [0.717, 1.165) is 13.0 Å². The first kappa shape index (κ1) is 15.7.